The van der Waals surface area contributed by atoms with Crippen molar-refractivity contribution in [2.45, 2.75) is 0 Å². The van der Waals surface area contributed by atoms with Crippen LogP contribution in [0, 0.1) is 10.1 Å². The molecule has 2 aromatic rings. The standard InChI is InChI=1S/C12H7ClN2O5/c13-9-3-1-7(15(18)19)5-11(9)20-8-2-4-10(12(16)17)14-6-8/h1-6H,(H,16,17). The number of aromatic nitrogens is 1. The molecule has 0 spiro atoms. The molecule has 20 heavy (non-hydrogen) atoms. The van der Waals surface area contributed by atoms with Gasteiger partial charge in [0.2, 0.25) is 0 Å². The summed E-state index contributed by atoms with van der Waals surface area (Å²) >= 11 is 5.87. The largest absolute Gasteiger partial charge is 0.477 e. The third-order valence-corrected chi connectivity index (χ3v) is 2.62. The van der Waals surface area contributed by atoms with E-state index in [1.165, 1.54) is 36.5 Å². The number of carboxylic acid groups (broad SMARTS) is 1. The molecule has 0 atom stereocenters. The lowest BCUT2D eigenvalue weighted by Gasteiger charge is -2.07. The summed E-state index contributed by atoms with van der Waals surface area (Å²) < 4.78 is 5.34. The van der Waals surface area contributed by atoms with Crippen LogP contribution in [0.5, 0.6) is 11.5 Å². The lowest BCUT2D eigenvalue weighted by Crippen LogP contribution is -1.99. The smallest absolute Gasteiger partial charge is 0.354 e. The summed E-state index contributed by atoms with van der Waals surface area (Å²) in [5.41, 5.74) is -0.304. The number of aromatic carboxylic acids is 1. The number of ether oxygens (including phenoxy) is 1. The summed E-state index contributed by atoms with van der Waals surface area (Å²) in [4.78, 5) is 24.4. The molecule has 7 nitrogen and oxygen atoms in total. The zero-order chi connectivity index (χ0) is 14.7. The van der Waals surface area contributed by atoms with E-state index in [9.17, 15) is 14.9 Å². The van der Waals surface area contributed by atoms with Crippen LogP contribution in [-0.4, -0.2) is 21.0 Å². The van der Waals surface area contributed by atoms with Crippen molar-refractivity contribution in [2.24, 2.45) is 0 Å². The molecule has 102 valence electrons. The van der Waals surface area contributed by atoms with E-state index in [0.29, 0.717) is 0 Å². The molecule has 2 rings (SSSR count). The van der Waals surface area contributed by atoms with Crippen LogP contribution in [0.1, 0.15) is 10.5 Å². The highest BCUT2D eigenvalue weighted by molar-refractivity contribution is 6.32. The molecule has 0 saturated carbocycles. The predicted molar refractivity (Wildman–Crippen MR) is 69.4 cm³/mol. The fraction of sp³-hybridized carbons (Fsp3) is 0. The minimum Gasteiger partial charge on any atom is -0.477 e. The summed E-state index contributed by atoms with van der Waals surface area (Å²) in [6, 6.07) is 6.40. The van der Waals surface area contributed by atoms with E-state index in [-0.39, 0.29) is 27.9 Å². The van der Waals surface area contributed by atoms with Gasteiger partial charge in [-0.2, -0.15) is 0 Å². The Morgan fingerprint density at radius 1 is 1.35 bits per heavy atom. The number of halogens is 1. The van der Waals surface area contributed by atoms with Gasteiger partial charge in [0.15, 0.2) is 5.75 Å². The van der Waals surface area contributed by atoms with Crippen LogP contribution in [0.15, 0.2) is 36.5 Å². The fourth-order valence-electron chi connectivity index (χ4n) is 1.38. The lowest BCUT2D eigenvalue weighted by molar-refractivity contribution is -0.384. The van der Waals surface area contributed by atoms with E-state index in [0.717, 1.165) is 0 Å². The molecule has 0 saturated heterocycles. The maximum Gasteiger partial charge on any atom is 0.354 e. The first-order valence-electron chi connectivity index (χ1n) is 5.28. The Bertz CT molecular complexity index is 672. The van der Waals surface area contributed by atoms with Crippen LogP contribution in [0.4, 0.5) is 5.69 Å². The molecule has 1 N–H and O–H groups in total. The van der Waals surface area contributed by atoms with Crippen LogP contribution < -0.4 is 4.74 Å². The van der Waals surface area contributed by atoms with Crippen molar-refractivity contribution < 1.29 is 19.6 Å². The first-order valence-corrected chi connectivity index (χ1v) is 5.66. The average molecular weight is 295 g/mol. The first-order chi connectivity index (χ1) is 9.47. The monoisotopic (exact) mass is 294 g/mol. The number of carboxylic acids is 1. The van der Waals surface area contributed by atoms with E-state index < -0.39 is 10.9 Å². The molecule has 1 heterocycles. The van der Waals surface area contributed by atoms with Crippen LogP contribution in [0.2, 0.25) is 5.02 Å². The third kappa shape index (κ3) is 3.01. The van der Waals surface area contributed by atoms with Gasteiger partial charge < -0.3 is 9.84 Å². The van der Waals surface area contributed by atoms with Gasteiger partial charge in [-0.25, -0.2) is 9.78 Å². The molecule has 0 aliphatic carbocycles. The fourth-order valence-corrected chi connectivity index (χ4v) is 1.53. The maximum absolute atomic E-state index is 10.7. The SMILES string of the molecule is O=C(O)c1ccc(Oc2cc([N+](=O)[O-])ccc2Cl)cn1. The quantitative estimate of drug-likeness (QED) is 0.686. The number of rotatable bonds is 4. The zero-order valence-electron chi connectivity index (χ0n) is 9.82. The highest BCUT2D eigenvalue weighted by Crippen LogP contribution is 2.32. The Kier molecular flexibility index (Phi) is 3.81. The van der Waals surface area contributed by atoms with Gasteiger partial charge in [-0.3, -0.25) is 10.1 Å². The van der Waals surface area contributed by atoms with Gasteiger partial charge >= 0.3 is 5.97 Å². The van der Waals surface area contributed by atoms with Crippen molar-refractivity contribution in [3.8, 4) is 11.5 Å². The lowest BCUT2D eigenvalue weighted by atomic mass is 10.3. The van der Waals surface area contributed by atoms with Gasteiger partial charge in [-0.05, 0) is 18.2 Å². The molecule has 0 bridgehead atoms. The van der Waals surface area contributed by atoms with E-state index in [1.54, 1.807) is 0 Å². The molecule has 1 aromatic carbocycles. The van der Waals surface area contributed by atoms with Gasteiger partial charge in [0.05, 0.1) is 22.2 Å². The average Bonchev–Trinajstić information content (AvgIpc) is 2.41. The van der Waals surface area contributed by atoms with Crippen LogP contribution in [-0.2, 0) is 0 Å². The summed E-state index contributed by atoms with van der Waals surface area (Å²) in [6.07, 6.45) is 1.19. The summed E-state index contributed by atoms with van der Waals surface area (Å²) in [7, 11) is 0. The van der Waals surface area contributed by atoms with E-state index in [4.69, 9.17) is 21.4 Å². The zero-order valence-corrected chi connectivity index (χ0v) is 10.6. The Hall–Kier alpha value is -2.67. The van der Waals surface area contributed by atoms with E-state index in [1.807, 2.05) is 0 Å². The molecule has 0 unspecified atom stereocenters. The molecule has 0 aliphatic rings. The number of pyridine rings is 1. The second-order valence-electron chi connectivity index (χ2n) is 3.66. The maximum atomic E-state index is 10.7. The topological polar surface area (TPSA) is 103 Å². The van der Waals surface area contributed by atoms with Crippen molar-refractivity contribution in [3.05, 3.63) is 57.4 Å². The van der Waals surface area contributed by atoms with E-state index >= 15 is 0 Å². The molecule has 0 aliphatic heterocycles. The Morgan fingerprint density at radius 2 is 2.10 bits per heavy atom. The van der Waals surface area contributed by atoms with Crippen molar-refractivity contribution >= 4 is 23.3 Å². The number of carbonyl (C=O) groups is 1. The van der Waals surface area contributed by atoms with Gasteiger partial charge in [-0.1, -0.05) is 11.6 Å². The second-order valence-corrected chi connectivity index (χ2v) is 4.07. The van der Waals surface area contributed by atoms with Crippen molar-refractivity contribution in [1.82, 2.24) is 4.98 Å². The molecule has 0 radical (unpaired) electrons. The van der Waals surface area contributed by atoms with Gasteiger partial charge in [-0.15, -0.1) is 0 Å². The summed E-state index contributed by atoms with van der Waals surface area (Å²) in [5, 5.41) is 19.6. The summed E-state index contributed by atoms with van der Waals surface area (Å²) in [6.45, 7) is 0. The molecular formula is C12H7ClN2O5. The van der Waals surface area contributed by atoms with Gasteiger partial charge in [0.25, 0.3) is 5.69 Å². The minimum atomic E-state index is -1.16. The number of nitrogens with zero attached hydrogens (tertiary/aromatic N) is 2. The van der Waals surface area contributed by atoms with E-state index in [2.05, 4.69) is 4.98 Å². The Morgan fingerprint density at radius 3 is 2.65 bits per heavy atom. The molecule has 1 aromatic heterocycles. The van der Waals surface area contributed by atoms with Gasteiger partial charge in [0.1, 0.15) is 11.4 Å². The summed E-state index contributed by atoms with van der Waals surface area (Å²) in [5.74, 6) is -0.854. The highest BCUT2D eigenvalue weighted by Gasteiger charge is 2.12. The van der Waals surface area contributed by atoms with Crippen molar-refractivity contribution in [2.75, 3.05) is 0 Å². The third-order valence-electron chi connectivity index (χ3n) is 2.31. The Labute approximate surface area is 117 Å². The van der Waals surface area contributed by atoms with Crippen LogP contribution in [0.3, 0.4) is 0 Å². The predicted octanol–water partition coefficient (Wildman–Crippen LogP) is 3.13. The number of nitro benzene ring substituents is 1. The number of hydrogen-bond acceptors (Lipinski definition) is 5. The first kappa shape index (κ1) is 13.8. The highest BCUT2D eigenvalue weighted by atomic mass is 35.5. The van der Waals surface area contributed by atoms with Crippen molar-refractivity contribution in [1.29, 1.82) is 0 Å². The number of benzene rings is 1. The van der Waals surface area contributed by atoms with Crippen LogP contribution >= 0.6 is 11.6 Å². The molecule has 0 amide bonds. The number of hydrogen-bond donors (Lipinski definition) is 1. The second kappa shape index (κ2) is 5.54. The van der Waals surface area contributed by atoms with Crippen molar-refractivity contribution in [3.63, 3.8) is 0 Å². The van der Waals surface area contributed by atoms with Crippen LogP contribution in [0.25, 0.3) is 0 Å². The molecule has 0 fully saturated rings. The van der Waals surface area contributed by atoms with Gasteiger partial charge in [0, 0.05) is 6.07 Å². The number of nitro groups is 1. The molecular weight excluding hydrogens is 288 g/mol. The Balaban J connectivity index is 2.27. The molecule has 8 heteroatoms. The minimum absolute atomic E-state index is 0.0886. The normalized spacial score (nSPS) is 10.1. The number of non-ortho nitro benzene ring substituents is 1.